The van der Waals surface area contributed by atoms with E-state index in [4.69, 9.17) is 49.4 Å². The summed E-state index contributed by atoms with van der Waals surface area (Å²) in [6.45, 7) is 3.44. The molecule has 0 amide bonds. The molecule has 2 rings (SSSR count). The number of para-hydroxylation sites is 1. The zero-order valence-corrected chi connectivity index (χ0v) is 12.9. The maximum Gasteiger partial charge on any atom is 0.343 e. The number of nitrogens with one attached hydrogen (secondary N) is 1. The smallest absolute Gasteiger partial charge is 0.343 e. The van der Waals surface area contributed by atoms with Crippen molar-refractivity contribution in [3.63, 3.8) is 0 Å². The van der Waals surface area contributed by atoms with E-state index in [1.165, 1.54) is 6.08 Å². The van der Waals surface area contributed by atoms with Gasteiger partial charge < -0.3 is 9.15 Å². The summed E-state index contributed by atoms with van der Waals surface area (Å²) in [6, 6.07) is 7.03. The van der Waals surface area contributed by atoms with Crippen LogP contribution in [0.1, 0.15) is 11.1 Å². The van der Waals surface area contributed by atoms with Crippen LogP contribution >= 0.6 is 34.8 Å². The number of ether oxygens (including phenoxy) is 1. The van der Waals surface area contributed by atoms with Crippen LogP contribution in [-0.2, 0) is 11.3 Å². The molecule has 21 heavy (non-hydrogen) atoms. The second kappa shape index (κ2) is 6.10. The van der Waals surface area contributed by atoms with Gasteiger partial charge in [0.15, 0.2) is 0 Å². The summed E-state index contributed by atoms with van der Waals surface area (Å²) in [5.74, 6) is -0.574. The van der Waals surface area contributed by atoms with E-state index in [2.05, 4.69) is 6.58 Å². The lowest BCUT2D eigenvalue weighted by molar-refractivity contribution is 0.278. The lowest BCUT2D eigenvalue weighted by Crippen LogP contribution is -2.23. The van der Waals surface area contributed by atoms with E-state index >= 15 is 0 Å². The Morgan fingerprint density at radius 1 is 1.38 bits per heavy atom. The van der Waals surface area contributed by atoms with Gasteiger partial charge in [0.25, 0.3) is 3.79 Å². The first-order chi connectivity index (χ1) is 9.84. The van der Waals surface area contributed by atoms with Gasteiger partial charge in [0, 0.05) is 5.39 Å². The Balaban J connectivity index is 2.44. The van der Waals surface area contributed by atoms with Gasteiger partial charge >= 0.3 is 5.63 Å². The molecule has 0 saturated carbocycles. The number of hydrogen-bond donors (Lipinski definition) is 1. The lowest BCUT2D eigenvalue weighted by atomic mass is 10.1. The van der Waals surface area contributed by atoms with E-state index in [1.807, 2.05) is 6.07 Å². The molecule has 110 valence electrons. The minimum atomic E-state index is -1.98. The summed E-state index contributed by atoms with van der Waals surface area (Å²) in [5.41, 5.74) is 0.639. The van der Waals surface area contributed by atoms with Crippen molar-refractivity contribution in [3.05, 3.63) is 52.4 Å². The summed E-state index contributed by atoms with van der Waals surface area (Å²) in [5, 5.41) is 8.19. The lowest BCUT2D eigenvalue weighted by Gasteiger charge is -2.14. The molecule has 0 unspecified atom stereocenters. The molecule has 1 aromatic carbocycles. The molecular weight excluding hydrogens is 337 g/mol. The molecule has 0 atom stereocenters. The molecule has 0 aliphatic heterocycles. The number of halogens is 3. The Labute approximate surface area is 135 Å². The van der Waals surface area contributed by atoms with E-state index < -0.39 is 15.3 Å². The largest absolute Gasteiger partial charge is 0.473 e. The van der Waals surface area contributed by atoms with Crippen LogP contribution in [0.2, 0.25) is 0 Å². The number of benzene rings is 1. The highest BCUT2D eigenvalue weighted by Crippen LogP contribution is 2.28. The number of rotatable bonds is 3. The van der Waals surface area contributed by atoms with Gasteiger partial charge in [-0.25, -0.2) is 4.79 Å². The van der Waals surface area contributed by atoms with Crippen LogP contribution in [0.5, 0.6) is 0 Å². The summed E-state index contributed by atoms with van der Waals surface area (Å²) < 4.78 is 8.26. The molecule has 0 aliphatic rings. The van der Waals surface area contributed by atoms with Crippen LogP contribution in [0.25, 0.3) is 17.0 Å². The van der Waals surface area contributed by atoms with Gasteiger partial charge in [-0.2, -0.15) is 0 Å². The van der Waals surface area contributed by atoms with Crippen molar-refractivity contribution in [2.45, 2.75) is 10.4 Å². The van der Waals surface area contributed by atoms with Crippen LogP contribution in [0, 0.1) is 5.41 Å². The van der Waals surface area contributed by atoms with Gasteiger partial charge in [0.1, 0.15) is 12.2 Å². The van der Waals surface area contributed by atoms with Gasteiger partial charge in [-0.3, -0.25) is 5.41 Å². The molecule has 0 fully saturated rings. The monoisotopic (exact) mass is 345 g/mol. The molecule has 1 heterocycles. The molecule has 1 N–H and O–H groups in total. The van der Waals surface area contributed by atoms with Crippen molar-refractivity contribution in [2.75, 3.05) is 0 Å². The number of hydrogen-bond acceptors (Lipinski definition) is 4. The van der Waals surface area contributed by atoms with Crippen LogP contribution < -0.4 is 5.63 Å². The number of fused-ring (bicyclic) bond motifs is 1. The molecule has 0 spiro atoms. The predicted octanol–water partition coefficient (Wildman–Crippen LogP) is 4.30. The Kier molecular flexibility index (Phi) is 4.61. The highest BCUT2D eigenvalue weighted by Gasteiger charge is 2.29. The van der Waals surface area contributed by atoms with E-state index in [9.17, 15) is 4.79 Å². The highest BCUT2D eigenvalue weighted by molar-refractivity contribution is 6.76. The maximum atomic E-state index is 12.0. The Morgan fingerprint density at radius 3 is 2.67 bits per heavy atom. The van der Waals surface area contributed by atoms with Crippen LogP contribution in [0.3, 0.4) is 0 Å². The molecule has 1 aromatic heterocycles. The molecule has 4 nitrogen and oxygen atoms in total. The minimum Gasteiger partial charge on any atom is -0.473 e. The summed E-state index contributed by atoms with van der Waals surface area (Å²) in [6.07, 6.45) is 1.52. The molecule has 0 saturated heterocycles. The average Bonchev–Trinajstić information content (AvgIpc) is 2.43. The average molecular weight is 347 g/mol. The normalized spacial score (nSPS) is 11.4. The van der Waals surface area contributed by atoms with Gasteiger partial charge in [-0.05, 0) is 11.6 Å². The fraction of sp³-hybridized carbons (Fsp3) is 0.143. The van der Waals surface area contributed by atoms with Crippen molar-refractivity contribution in [3.8, 4) is 0 Å². The fourth-order valence-electron chi connectivity index (χ4n) is 1.81. The van der Waals surface area contributed by atoms with E-state index in [0.29, 0.717) is 16.5 Å². The topological polar surface area (TPSA) is 63.3 Å². The molecular formula is C14H10Cl3NO3. The first kappa shape index (κ1) is 15.9. The highest BCUT2D eigenvalue weighted by atomic mass is 35.6. The fourth-order valence-corrected chi connectivity index (χ4v) is 1.97. The third-order valence-corrected chi connectivity index (χ3v) is 3.29. The molecule has 0 radical (unpaired) electrons. The zero-order valence-electron chi connectivity index (χ0n) is 10.7. The third-order valence-electron chi connectivity index (χ3n) is 2.77. The van der Waals surface area contributed by atoms with Crippen LogP contribution in [0.15, 0.2) is 40.1 Å². The van der Waals surface area contributed by atoms with Gasteiger partial charge in [-0.15, -0.1) is 0 Å². The number of alkyl halides is 3. The quantitative estimate of drug-likeness (QED) is 0.390. The van der Waals surface area contributed by atoms with Crippen molar-refractivity contribution >= 4 is 57.7 Å². The van der Waals surface area contributed by atoms with E-state index in [0.717, 1.165) is 0 Å². The first-order valence-electron chi connectivity index (χ1n) is 5.80. The second-order valence-corrected chi connectivity index (χ2v) is 6.38. The van der Waals surface area contributed by atoms with Crippen LogP contribution in [0.4, 0.5) is 0 Å². The van der Waals surface area contributed by atoms with Crippen molar-refractivity contribution in [1.82, 2.24) is 0 Å². The molecule has 2 aromatic rings. The first-order valence-corrected chi connectivity index (χ1v) is 6.93. The second-order valence-electron chi connectivity index (χ2n) is 4.10. The Bertz CT molecular complexity index is 762. The van der Waals surface area contributed by atoms with Crippen molar-refractivity contribution in [1.29, 1.82) is 5.41 Å². The predicted molar refractivity (Wildman–Crippen MR) is 85.4 cm³/mol. The maximum absolute atomic E-state index is 12.0. The van der Waals surface area contributed by atoms with Crippen molar-refractivity contribution in [2.24, 2.45) is 0 Å². The van der Waals surface area contributed by atoms with Gasteiger partial charge in [0.2, 0.25) is 5.90 Å². The summed E-state index contributed by atoms with van der Waals surface area (Å²) in [4.78, 5) is 12.0. The Hall–Kier alpha value is -1.49. The standard InChI is InChI=1S/C14H10Cl3NO3/c1-2-8-9-5-3-4-6-11(9)21-12(19)10(8)7-20-13(18)14(15,16)17/h2-6,18H,1,7H2. The summed E-state index contributed by atoms with van der Waals surface area (Å²) >= 11 is 16.6. The van der Waals surface area contributed by atoms with Crippen LogP contribution in [-0.4, -0.2) is 9.69 Å². The van der Waals surface area contributed by atoms with Gasteiger partial charge in [0.05, 0.1) is 5.56 Å². The SMILES string of the molecule is C=Cc1c(COC(=N)C(Cl)(Cl)Cl)c(=O)oc2ccccc12. The molecule has 0 bridgehead atoms. The van der Waals surface area contributed by atoms with Crippen molar-refractivity contribution < 1.29 is 9.15 Å². The Morgan fingerprint density at radius 2 is 2.05 bits per heavy atom. The van der Waals surface area contributed by atoms with Gasteiger partial charge in [-0.1, -0.05) is 65.7 Å². The summed E-state index contributed by atoms with van der Waals surface area (Å²) in [7, 11) is 0. The molecule has 7 heteroatoms. The van der Waals surface area contributed by atoms with E-state index in [1.54, 1.807) is 18.2 Å². The van der Waals surface area contributed by atoms with E-state index in [-0.39, 0.29) is 12.2 Å². The zero-order chi connectivity index (χ0) is 15.6. The minimum absolute atomic E-state index is 0.211. The third kappa shape index (κ3) is 3.40. The molecule has 0 aliphatic carbocycles.